The molecule has 0 bridgehead atoms. The Balaban J connectivity index is 3.20. The zero-order chi connectivity index (χ0) is 41.4. The second-order valence-electron chi connectivity index (χ2n) is 19.1. The molecule has 0 radical (unpaired) electrons. The maximum atomic E-state index is 6.26. The highest BCUT2D eigenvalue weighted by Gasteiger charge is 2.07. The van der Waals surface area contributed by atoms with Crippen LogP contribution in [0.5, 0.6) is 0 Å². The molecule has 344 valence electrons. The van der Waals surface area contributed by atoms with Crippen LogP contribution in [0.4, 0.5) is 0 Å². The van der Waals surface area contributed by atoms with Crippen molar-refractivity contribution >= 4 is 0 Å². The van der Waals surface area contributed by atoms with Crippen molar-refractivity contribution in [2.24, 2.45) is 11.5 Å². The predicted octanol–water partition coefficient (Wildman–Crippen LogP) is 18.4. The SMILES string of the molecule is CCCCCCCCCCCCCOC(CC)CCCCCCCCCCCCCCCCCCCCCCCCCCCCCCCCC(N)CCC(N)CC. The molecule has 4 N–H and O–H groups in total. The van der Waals surface area contributed by atoms with Gasteiger partial charge in [0.15, 0.2) is 0 Å². The van der Waals surface area contributed by atoms with E-state index in [0.29, 0.717) is 18.2 Å². The first-order valence-corrected chi connectivity index (χ1v) is 27.3. The third kappa shape index (κ3) is 48.4. The first-order chi connectivity index (χ1) is 28.1. The molecule has 0 aliphatic rings. The normalized spacial score (nSPS) is 13.4. The van der Waals surface area contributed by atoms with Gasteiger partial charge in [-0.3, -0.25) is 0 Å². The van der Waals surface area contributed by atoms with Crippen molar-refractivity contribution < 1.29 is 4.74 Å². The summed E-state index contributed by atoms with van der Waals surface area (Å²) in [5.41, 5.74) is 12.3. The van der Waals surface area contributed by atoms with Crippen LogP contribution in [0.3, 0.4) is 0 Å². The number of nitrogens with two attached hydrogens (primary N) is 2. The highest BCUT2D eigenvalue weighted by molar-refractivity contribution is 4.67. The minimum absolute atomic E-state index is 0.348. The van der Waals surface area contributed by atoms with Gasteiger partial charge in [0.1, 0.15) is 0 Å². The van der Waals surface area contributed by atoms with Crippen LogP contribution in [0.15, 0.2) is 0 Å². The van der Waals surface area contributed by atoms with E-state index in [1.54, 1.807) is 0 Å². The minimum Gasteiger partial charge on any atom is -0.378 e. The minimum atomic E-state index is 0.348. The Hall–Kier alpha value is -0.120. The smallest absolute Gasteiger partial charge is 0.0572 e. The molecule has 3 atom stereocenters. The molecule has 0 amide bonds. The number of hydrogen-bond donors (Lipinski definition) is 2. The van der Waals surface area contributed by atoms with E-state index >= 15 is 0 Å². The van der Waals surface area contributed by atoms with Crippen LogP contribution in [0.1, 0.15) is 323 Å². The highest BCUT2D eigenvalue weighted by Crippen LogP contribution is 2.19. The van der Waals surface area contributed by atoms with E-state index in [2.05, 4.69) is 20.8 Å². The Bertz CT molecular complexity index is 699. The standard InChI is InChI=1S/C54H112N2O/c1-4-7-8-9-10-11-34-37-40-43-46-51-57-54(6-3)48-45-42-39-36-33-31-29-27-25-23-21-19-17-15-13-12-14-16-18-20-22-24-26-28-30-32-35-38-41-44-47-53(56)50-49-52(55)5-2/h52-54H,4-51,55-56H2,1-3H3. The summed E-state index contributed by atoms with van der Waals surface area (Å²) >= 11 is 0. The van der Waals surface area contributed by atoms with Crippen molar-refractivity contribution in [3.8, 4) is 0 Å². The molecule has 0 aromatic rings. The average Bonchev–Trinajstić information content (AvgIpc) is 3.22. The number of rotatable bonds is 51. The lowest BCUT2D eigenvalue weighted by atomic mass is 9.99. The third-order valence-electron chi connectivity index (χ3n) is 13.3. The van der Waals surface area contributed by atoms with E-state index in [-0.39, 0.29) is 0 Å². The fraction of sp³-hybridized carbons (Fsp3) is 1.00. The van der Waals surface area contributed by atoms with Gasteiger partial charge in [0.2, 0.25) is 0 Å². The van der Waals surface area contributed by atoms with Crippen molar-refractivity contribution in [3.05, 3.63) is 0 Å². The van der Waals surface area contributed by atoms with Gasteiger partial charge < -0.3 is 16.2 Å². The van der Waals surface area contributed by atoms with Crippen molar-refractivity contribution in [2.45, 2.75) is 341 Å². The molecule has 57 heavy (non-hydrogen) atoms. The molecule has 0 spiro atoms. The van der Waals surface area contributed by atoms with Gasteiger partial charge in [-0.15, -0.1) is 0 Å². The summed E-state index contributed by atoms with van der Waals surface area (Å²) in [5, 5.41) is 0. The molecule has 3 nitrogen and oxygen atoms in total. The van der Waals surface area contributed by atoms with E-state index in [0.717, 1.165) is 25.9 Å². The van der Waals surface area contributed by atoms with Crippen molar-refractivity contribution in [1.82, 2.24) is 0 Å². The highest BCUT2D eigenvalue weighted by atomic mass is 16.5. The predicted molar refractivity (Wildman–Crippen MR) is 260 cm³/mol. The molecular weight excluding hydrogens is 693 g/mol. The topological polar surface area (TPSA) is 61.3 Å². The summed E-state index contributed by atoms with van der Waals surface area (Å²) in [6.07, 6.45) is 66.5. The molecule has 0 aliphatic heterocycles. The Morgan fingerprint density at radius 1 is 0.263 bits per heavy atom. The fourth-order valence-corrected chi connectivity index (χ4v) is 8.93. The van der Waals surface area contributed by atoms with E-state index in [1.165, 1.54) is 283 Å². The van der Waals surface area contributed by atoms with Gasteiger partial charge in [-0.2, -0.15) is 0 Å². The molecule has 3 heteroatoms. The largest absolute Gasteiger partial charge is 0.378 e. The lowest BCUT2D eigenvalue weighted by molar-refractivity contribution is 0.0406. The summed E-state index contributed by atoms with van der Waals surface area (Å²) in [6, 6.07) is 0.717. The van der Waals surface area contributed by atoms with E-state index < -0.39 is 0 Å². The van der Waals surface area contributed by atoms with Gasteiger partial charge in [0.05, 0.1) is 6.10 Å². The number of hydrogen-bond acceptors (Lipinski definition) is 3. The molecule has 0 rings (SSSR count). The van der Waals surface area contributed by atoms with Crippen LogP contribution < -0.4 is 11.5 Å². The Morgan fingerprint density at radius 3 is 0.825 bits per heavy atom. The summed E-state index contributed by atoms with van der Waals surface area (Å²) in [4.78, 5) is 0. The zero-order valence-electron chi connectivity index (χ0n) is 40.2. The van der Waals surface area contributed by atoms with Crippen LogP contribution in [0, 0.1) is 0 Å². The van der Waals surface area contributed by atoms with E-state index in [1.807, 2.05) is 0 Å². The summed E-state index contributed by atoms with van der Waals surface area (Å²) < 4.78 is 6.25. The molecule has 0 aliphatic carbocycles. The second kappa shape index (κ2) is 50.2. The molecule has 0 aromatic carbocycles. The number of ether oxygens (including phenoxy) is 1. The Morgan fingerprint density at radius 2 is 0.526 bits per heavy atom. The molecule has 0 heterocycles. The Labute approximate surface area is 362 Å². The van der Waals surface area contributed by atoms with Crippen molar-refractivity contribution in [3.63, 3.8) is 0 Å². The van der Waals surface area contributed by atoms with Gasteiger partial charge >= 0.3 is 0 Å². The fourth-order valence-electron chi connectivity index (χ4n) is 8.93. The third-order valence-corrected chi connectivity index (χ3v) is 13.3. The van der Waals surface area contributed by atoms with Gasteiger partial charge in [0.25, 0.3) is 0 Å². The van der Waals surface area contributed by atoms with Crippen LogP contribution in [0.25, 0.3) is 0 Å². The van der Waals surface area contributed by atoms with Crippen LogP contribution in [0.2, 0.25) is 0 Å². The molecule has 3 unspecified atom stereocenters. The maximum Gasteiger partial charge on any atom is 0.0572 e. The van der Waals surface area contributed by atoms with E-state index in [9.17, 15) is 0 Å². The summed E-state index contributed by atoms with van der Waals surface area (Å²) in [5.74, 6) is 0. The van der Waals surface area contributed by atoms with Crippen LogP contribution in [-0.2, 0) is 4.74 Å². The lowest BCUT2D eigenvalue weighted by Crippen LogP contribution is -2.25. The monoisotopic (exact) mass is 805 g/mol. The molecule has 0 saturated carbocycles. The van der Waals surface area contributed by atoms with Gasteiger partial charge in [-0.05, 0) is 44.9 Å². The van der Waals surface area contributed by atoms with E-state index in [4.69, 9.17) is 16.2 Å². The van der Waals surface area contributed by atoms with Crippen molar-refractivity contribution in [1.29, 1.82) is 0 Å². The second-order valence-corrected chi connectivity index (χ2v) is 19.1. The molecule has 0 aromatic heterocycles. The zero-order valence-corrected chi connectivity index (χ0v) is 40.2. The van der Waals surface area contributed by atoms with Gasteiger partial charge in [-0.1, -0.05) is 278 Å². The quantitative estimate of drug-likeness (QED) is 0.0602. The Kier molecular flexibility index (Phi) is 50.1. The average molecular weight is 806 g/mol. The number of unbranched alkanes of at least 4 members (excludes halogenated alkanes) is 39. The summed E-state index contributed by atoms with van der Waals surface area (Å²) in [6.45, 7) is 7.78. The molecular formula is C54H112N2O. The van der Waals surface area contributed by atoms with Gasteiger partial charge in [-0.25, -0.2) is 0 Å². The van der Waals surface area contributed by atoms with Crippen LogP contribution >= 0.6 is 0 Å². The lowest BCUT2D eigenvalue weighted by Gasteiger charge is -2.16. The van der Waals surface area contributed by atoms with Gasteiger partial charge in [0, 0.05) is 18.7 Å². The first-order valence-electron chi connectivity index (χ1n) is 27.3. The van der Waals surface area contributed by atoms with Crippen molar-refractivity contribution in [2.75, 3.05) is 6.61 Å². The van der Waals surface area contributed by atoms with Crippen LogP contribution in [-0.4, -0.2) is 24.8 Å². The molecule has 0 saturated heterocycles. The maximum absolute atomic E-state index is 6.26. The molecule has 0 fully saturated rings. The summed E-state index contributed by atoms with van der Waals surface area (Å²) in [7, 11) is 0. The first kappa shape index (κ1) is 56.9.